The van der Waals surface area contributed by atoms with Gasteiger partial charge in [0.05, 0.1) is 11.5 Å². The van der Waals surface area contributed by atoms with Gasteiger partial charge in [-0.3, -0.25) is 0 Å². The molecule has 2 heterocycles. The second kappa shape index (κ2) is 6.19. The first kappa shape index (κ1) is 14.7. The third-order valence-electron chi connectivity index (χ3n) is 3.37. The molecule has 0 saturated carbocycles. The van der Waals surface area contributed by atoms with Gasteiger partial charge in [-0.05, 0) is 20.3 Å². The Morgan fingerprint density at radius 2 is 2.21 bits per heavy atom. The van der Waals surface area contributed by atoms with Gasteiger partial charge < -0.3 is 10.2 Å². The lowest BCUT2D eigenvalue weighted by Gasteiger charge is -2.16. The fraction of sp³-hybridized carbons (Fsp3) is 0.750. The molecule has 0 aliphatic carbocycles. The SMILES string of the molecule is CCN(CC)c1ncc(CNC2CCS(=O)(=O)C2)s1. The van der Waals surface area contributed by atoms with Crippen LogP contribution in [-0.4, -0.2) is 44.0 Å². The lowest BCUT2D eigenvalue weighted by Crippen LogP contribution is -2.29. The molecule has 5 nitrogen and oxygen atoms in total. The molecule has 1 aromatic heterocycles. The molecule has 1 aliphatic heterocycles. The van der Waals surface area contributed by atoms with Crippen molar-refractivity contribution in [1.82, 2.24) is 10.3 Å². The largest absolute Gasteiger partial charge is 0.349 e. The Balaban J connectivity index is 1.87. The van der Waals surface area contributed by atoms with Crippen LogP contribution in [0.2, 0.25) is 0 Å². The summed E-state index contributed by atoms with van der Waals surface area (Å²) in [7, 11) is -2.80. The predicted octanol–water partition coefficient (Wildman–Crippen LogP) is 1.27. The van der Waals surface area contributed by atoms with Crippen molar-refractivity contribution in [1.29, 1.82) is 0 Å². The van der Waals surface area contributed by atoms with Crippen LogP contribution in [0.15, 0.2) is 6.20 Å². The van der Waals surface area contributed by atoms with Gasteiger partial charge in [0.15, 0.2) is 15.0 Å². The molecule has 19 heavy (non-hydrogen) atoms. The number of nitrogens with zero attached hydrogens (tertiary/aromatic N) is 2. The standard InChI is InChI=1S/C12H21N3O2S2/c1-3-15(4-2)12-14-8-11(18-12)7-13-10-5-6-19(16,17)9-10/h8,10,13H,3-7,9H2,1-2H3. The summed E-state index contributed by atoms with van der Waals surface area (Å²) in [6.45, 7) is 6.85. The van der Waals surface area contributed by atoms with Gasteiger partial charge in [-0.2, -0.15) is 0 Å². The van der Waals surface area contributed by atoms with Gasteiger partial charge in [-0.25, -0.2) is 13.4 Å². The number of aromatic nitrogens is 1. The van der Waals surface area contributed by atoms with Gasteiger partial charge in [0.1, 0.15) is 0 Å². The molecule has 0 spiro atoms. The van der Waals surface area contributed by atoms with Crippen molar-refractivity contribution in [3.8, 4) is 0 Å². The van der Waals surface area contributed by atoms with E-state index in [9.17, 15) is 8.42 Å². The third-order valence-corrected chi connectivity index (χ3v) is 6.20. The summed E-state index contributed by atoms with van der Waals surface area (Å²) in [5.41, 5.74) is 0. The van der Waals surface area contributed by atoms with Crippen LogP contribution in [0, 0.1) is 0 Å². The third kappa shape index (κ3) is 3.90. The summed E-state index contributed by atoms with van der Waals surface area (Å²) >= 11 is 1.68. The molecule has 0 bridgehead atoms. The first-order chi connectivity index (χ1) is 9.04. The number of nitrogens with one attached hydrogen (secondary N) is 1. The number of hydrogen-bond donors (Lipinski definition) is 1. The molecule has 1 saturated heterocycles. The van der Waals surface area contributed by atoms with E-state index in [4.69, 9.17) is 0 Å². The normalized spacial score (nSPS) is 21.7. The highest BCUT2D eigenvalue weighted by Crippen LogP contribution is 2.22. The summed E-state index contributed by atoms with van der Waals surface area (Å²) in [4.78, 5) is 7.79. The van der Waals surface area contributed by atoms with Crippen LogP contribution >= 0.6 is 11.3 Å². The molecular formula is C12H21N3O2S2. The van der Waals surface area contributed by atoms with Crippen LogP contribution in [0.25, 0.3) is 0 Å². The minimum Gasteiger partial charge on any atom is -0.349 e. The highest BCUT2D eigenvalue weighted by atomic mass is 32.2. The number of hydrogen-bond acceptors (Lipinski definition) is 6. The van der Waals surface area contributed by atoms with Gasteiger partial charge in [0.2, 0.25) is 0 Å². The Morgan fingerprint density at radius 1 is 1.47 bits per heavy atom. The Kier molecular flexibility index (Phi) is 4.81. The Labute approximate surface area is 119 Å². The highest BCUT2D eigenvalue weighted by Gasteiger charge is 2.27. The van der Waals surface area contributed by atoms with Crippen LogP contribution in [0.1, 0.15) is 25.1 Å². The fourth-order valence-corrected chi connectivity index (χ4v) is 4.92. The highest BCUT2D eigenvalue weighted by molar-refractivity contribution is 7.91. The van der Waals surface area contributed by atoms with E-state index in [0.29, 0.717) is 12.3 Å². The summed E-state index contributed by atoms with van der Waals surface area (Å²) in [5.74, 6) is 0.590. The predicted molar refractivity (Wildman–Crippen MR) is 79.6 cm³/mol. The van der Waals surface area contributed by atoms with Gasteiger partial charge in [-0.15, -0.1) is 11.3 Å². The maximum Gasteiger partial charge on any atom is 0.185 e. The van der Waals surface area contributed by atoms with Crippen molar-refractivity contribution >= 4 is 26.3 Å². The molecule has 1 atom stereocenters. The minimum atomic E-state index is -2.80. The van der Waals surface area contributed by atoms with Crippen LogP contribution in [0.3, 0.4) is 0 Å². The van der Waals surface area contributed by atoms with E-state index in [1.54, 1.807) is 11.3 Å². The van der Waals surface area contributed by atoms with Crippen molar-refractivity contribution in [2.24, 2.45) is 0 Å². The number of thiazole rings is 1. The molecule has 108 valence electrons. The van der Waals surface area contributed by atoms with Gasteiger partial charge in [-0.1, -0.05) is 0 Å². The van der Waals surface area contributed by atoms with Crippen molar-refractivity contribution in [2.75, 3.05) is 29.5 Å². The molecule has 1 unspecified atom stereocenters. The Hall–Kier alpha value is -0.660. The zero-order valence-electron chi connectivity index (χ0n) is 11.4. The number of anilines is 1. The number of rotatable bonds is 6. The average molecular weight is 303 g/mol. The second-order valence-corrected chi connectivity index (χ2v) is 8.08. The van der Waals surface area contributed by atoms with Gasteiger partial charge in [0, 0.05) is 36.8 Å². The van der Waals surface area contributed by atoms with E-state index in [0.717, 1.165) is 29.5 Å². The lowest BCUT2D eigenvalue weighted by atomic mass is 10.2. The van der Waals surface area contributed by atoms with Crippen molar-refractivity contribution in [3.05, 3.63) is 11.1 Å². The molecule has 1 N–H and O–H groups in total. The van der Waals surface area contributed by atoms with E-state index >= 15 is 0 Å². The molecule has 0 aromatic carbocycles. The summed E-state index contributed by atoms with van der Waals surface area (Å²) < 4.78 is 22.7. The maximum atomic E-state index is 11.4. The minimum absolute atomic E-state index is 0.101. The molecule has 0 radical (unpaired) electrons. The Morgan fingerprint density at radius 3 is 2.79 bits per heavy atom. The molecule has 0 amide bonds. The maximum absolute atomic E-state index is 11.4. The first-order valence-electron chi connectivity index (χ1n) is 6.67. The van der Waals surface area contributed by atoms with Crippen LogP contribution in [0.4, 0.5) is 5.13 Å². The summed E-state index contributed by atoms with van der Waals surface area (Å²) in [6.07, 6.45) is 2.61. The average Bonchev–Trinajstić information content (AvgIpc) is 2.95. The topological polar surface area (TPSA) is 62.3 Å². The molecule has 1 fully saturated rings. The van der Waals surface area contributed by atoms with E-state index < -0.39 is 9.84 Å². The van der Waals surface area contributed by atoms with Gasteiger partial charge in [0.25, 0.3) is 0 Å². The van der Waals surface area contributed by atoms with Crippen molar-refractivity contribution in [2.45, 2.75) is 32.9 Å². The molecule has 7 heteroatoms. The van der Waals surface area contributed by atoms with E-state index in [-0.39, 0.29) is 11.8 Å². The first-order valence-corrected chi connectivity index (χ1v) is 9.31. The number of sulfone groups is 1. The van der Waals surface area contributed by atoms with E-state index in [1.807, 2.05) is 6.20 Å². The van der Waals surface area contributed by atoms with E-state index in [1.165, 1.54) is 0 Å². The van der Waals surface area contributed by atoms with Crippen molar-refractivity contribution < 1.29 is 8.42 Å². The van der Waals surface area contributed by atoms with Crippen LogP contribution in [0.5, 0.6) is 0 Å². The molecular weight excluding hydrogens is 282 g/mol. The van der Waals surface area contributed by atoms with Crippen molar-refractivity contribution in [3.63, 3.8) is 0 Å². The summed E-state index contributed by atoms with van der Waals surface area (Å²) in [5, 5.41) is 4.36. The quantitative estimate of drug-likeness (QED) is 0.857. The van der Waals surface area contributed by atoms with Crippen LogP contribution in [-0.2, 0) is 16.4 Å². The van der Waals surface area contributed by atoms with Gasteiger partial charge >= 0.3 is 0 Å². The second-order valence-electron chi connectivity index (χ2n) is 4.76. The summed E-state index contributed by atoms with van der Waals surface area (Å²) in [6, 6.07) is 0.101. The fourth-order valence-electron chi connectivity index (χ4n) is 2.22. The smallest absolute Gasteiger partial charge is 0.185 e. The zero-order valence-corrected chi connectivity index (χ0v) is 13.1. The molecule has 1 aromatic rings. The monoisotopic (exact) mass is 303 g/mol. The molecule has 1 aliphatic rings. The zero-order chi connectivity index (χ0) is 13.9. The lowest BCUT2D eigenvalue weighted by molar-refractivity contribution is 0.557. The van der Waals surface area contributed by atoms with Crippen LogP contribution < -0.4 is 10.2 Å². The van der Waals surface area contributed by atoms with E-state index in [2.05, 4.69) is 29.0 Å². The Bertz CT molecular complexity index is 509. The molecule has 2 rings (SSSR count).